The number of hydrogen-bond acceptors (Lipinski definition) is 4. The van der Waals surface area contributed by atoms with Gasteiger partial charge in [-0.15, -0.1) is 5.10 Å². The fourth-order valence-electron chi connectivity index (χ4n) is 2.61. The summed E-state index contributed by atoms with van der Waals surface area (Å²) < 4.78 is 27.6. The van der Waals surface area contributed by atoms with E-state index in [1.165, 1.54) is 4.31 Å². The Kier molecular flexibility index (Phi) is 4.55. The molecular weight excluding hydrogens is 338 g/mol. The van der Waals surface area contributed by atoms with Crippen molar-refractivity contribution in [1.29, 1.82) is 0 Å². The molecule has 0 amide bonds. The van der Waals surface area contributed by atoms with Gasteiger partial charge in [-0.05, 0) is 44.5 Å². The number of aromatic amines is 1. The lowest BCUT2D eigenvalue weighted by atomic mass is 10.2. The molecule has 8 heteroatoms. The fraction of sp³-hybridized carbons (Fsp3) is 0.412. The summed E-state index contributed by atoms with van der Waals surface area (Å²) in [5.41, 5.74) is 4.39. The lowest BCUT2D eigenvalue weighted by Crippen LogP contribution is -2.28. The summed E-state index contributed by atoms with van der Waals surface area (Å²) >= 11 is 0. The number of aromatic nitrogens is 4. The highest BCUT2D eigenvalue weighted by Gasteiger charge is 2.18. The largest absolute Gasteiger partial charge is 0.280 e. The molecule has 2 heterocycles. The number of anilines is 1. The number of sulfonamides is 1. The zero-order valence-corrected chi connectivity index (χ0v) is 15.8. The lowest BCUT2D eigenvalue weighted by molar-refractivity contribution is 0.591. The van der Waals surface area contributed by atoms with Crippen molar-refractivity contribution in [2.24, 2.45) is 0 Å². The Morgan fingerprint density at radius 3 is 2.48 bits per heavy atom. The highest BCUT2D eigenvalue weighted by molar-refractivity contribution is 7.92. The molecule has 134 valence electrons. The van der Waals surface area contributed by atoms with Crippen molar-refractivity contribution in [2.75, 3.05) is 17.1 Å². The van der Waals surface area contributed by atoms with Crippen LogP contribution in [0.1, 0.15) is 31.0 Å². The smallest absolute Gasteiger partial charge is 0.234 e. The summed E-state index contributed by atoms with van der Waals surface area (Å²) in [5.74, 6) is 0.769. The minimum absolute atomic E-state index is 0.160. The van der Waals surface area contributed by atoms with E-state index in [0.29, 0.717) is 17.9 Å². The van der Waals surface area contributed by atoms with Gasteiger partial charge >= 0.3 is 0 Å². The van der Waals surface area contributed by atoms with E-state index in [4.69, 9.17) is 0 Å². The third-order valence-electron chi connectivity index (χ3n) is 4.44. The first kappa shape index (κ1) is 17.5. The molecule has 0 saturated carbocycles. The van der Waals surface area contributed by atoms with Gasteiger partial charge in [-0.3, -0.25) is 9.40 Å². The molecule has 1 N–H and O–H groups in total. The average molecular weight is 361 g/mol. The molecule has 0 radical (unpaired) electrons. The Hall–Kier alpha value is -2.35. The first-order valence-corrected chi connectivity index (χ1v) is 9.93. The van der Waals surface area contributed by atoms with E-state index in [-0.39, 0.29) is 5.75 Å². The summed E-state index contributed by atoms with van der Waals surface area (Å²) in [4.78, 5) is 4.56. The van der Waals surface area contributed by atoms with Gasteiger partial charge in [-0.2, -0.15) is 4.63 Å². The minimum Gasteiger partial charge on any atom is -0.280 e. The number of H-pyrrole nitrogens is 1. The molecule has 2 aromatic heterocycles. The van der Waals surface area contributed by atoms with E-state index in [1.54, 1.807) is 23.8 Å². The van der Waals surface area contributed by atoms with Gasteiger partial charge < -0.3 is 0 Å². The number of rotatable bonds is 6. The first-order chi connectivity index (χ1) is 11.8. The predicted molar refractivity (Wildman–Crippen MR) is 99.3 cm³/mol. The molecule has 25 heavy (non-hydrogen) atoms. The summed E-state index contributed by atoms with van der Waals surface area (Å²) in [6.45, 7) is 5.96. The zero-order valence-electron chi connectivity index (χ0n) is 14.9. The number of hydrogen-bond donors (Lipinski definition) is 1. The molecular formula is C17H23N5O2S. The van der Waals surface area contributed by atoms with Crippen LogP contribution < -0.4 is 4.31 Å². The number of unbranched alkanes of at least 4 members (excludes halogenated alkanes) is 1. The summed E-state index contributed by atoms with van der Waals surface area (Å²) in [6, 6.07) is 7.26. The lowest BCUT2D eigenvalue weighted by Gasteiger charge is -2.19. The maximum absolute atomic E-state index is 12.3. The molecule has 0 unspecified atom stereocenters. The SMILES string of the molecule is CCCCS(=O)(=O)N(C)c1ccc(-c2nc3c(C)c(C)[nH]n3n2)cc1. The van der Waals surface area contributed by atoms with Gasteiger partial charge in [0, 0.05) is 23.9 Å². The van der Waals surface area contributed by atoms with Crippen molar-refractivity contribution in [3.8, 4) is 11.4 Å². The molecule has 0 aliphatic rings. The van der Waals surface area contributed by atoms with Crippen LogP contribution in [0.2, 0.25) is 0 Å². The number of nitrogens with one attached hydrogen (secondary N) is 1. The van der Waals surface area contributed by atoms with Crippen LogP contribution in [0.3, 0.4) is 0 Å². The standard InChI is InChI=1S/C17H23N5O2S/c1-5-6-11-25(23,24)21(4)15-9-7-14(8-10-15)16-18-17-12(2)13(3)19-22(17)20-16/h7-10,19H,5-6,11H2,1-4H3. The van der Waals surface area contributed by atoms with Crippen molar-refractivity contribution in [1.82, 2.24) is 19.8 Å². The highest BCUT2D eigenvalue weighted by atomic mass is 32.2. The van der Waals surface area contributed by atoms with Gasteiger partial charge in [-0.1, -0.05) is 13.3 Å². The van der Waals surface area contributed by atoms with Crippen molar-refractivity contribution in [3.05, 3.63) is 35.5 Å². The van der Waals surface area contributed by atoms with Crippen LogP contribution in [0.4, 0.5) is 5.69 Å². The number of aryl methyl sites for hydroxylation is 2. The van der Waals surface area contributed by atoms with Crippen LogP contribution >= 0.6 is 0 Å². The van der Waals surface area contributed by atoms with Crippen LogP contribution in [0, 0.1) is 13.8 Å². The average Bonchev–Trinajstić information content (AvgIpc) is 3.12. The molecule has 0 aliphatic heterocycles. The van der Waals surface area contributed by atoms with Gasteiger partial charge in [0.1, 0.15) is 0 Å². The van der Waals surface area contributed by atoms with Crippen LogP contribution in [-0.2, 0) is 10.0 Å². The summed E-state index contributed by atoms with van der Waals surface area (Å²) in [7, 11) is -1.69. The van der Waals surface area contributed by atoms with Gasteiger partial charge in [0.25, 0.3) is 0 Å². The topological polar surface area (TPSA) is 83.4 Å². The van der Waals surface area contributed by atoms with Crippen LogP contribution in [0.5, 0.6) is 0 Å². The van der Waals surface area contributed by atoms with E-state index in [9.17, 15) is 8.42 Å². The first-order valence-electron chi connectivity index (χ1n) is 8.32. The third-order valence-corrected chi connectivity index (χ3v) is 6.29. The summed E-state index contributed by atoms with van der Waals surface area (Å²) in [5, 5.41) is 7.59. The molecule has 3 rings (SSSR count). The molecule has 0 spiro atoms. The maximum atomic E-state index is 12.3. The Morgan fingerprint density at radius 1 is 1.20 bits per heavy atom. The molecule has 3 aromatic rings. The minimum atomic E-state index is -3.28. The molecule has 0 bridgehead atoms. The Bertz CT molecular complexity index is 986. The quantitative estimate of drug-likeness (QED) is 0.732. The second kappa shape index (κ2) is 6.51. The Labute approximate surface area is 147 Å². The number of fused-ring (bicyclic) bond motifs is 1. The van der Waals surface area contributed by atoms with Gasteiger partial charge in [0.2, 0.25) is 10.0 Å². The Morgan fingerprint density at radius 2 is 1.88 bits per heavy atom. The normalized spacial score (nSPS) is 12.0. The Balaban J connectivity index is 1.86. The fourth-order valence-corrected chi connectivity index (χ4v) is 3.98. The predicted octanol–water partition coefficient (Wildman–Crippen LogP) is 2.91. The second-order valence-corrected chi connectivity index (χ2v) is 8.34. The van der Waals surface area contributed by atoms with E-state index in [1.807, 2.05) is 32.9 Å². The summed E-state index contributed by atoms with van der Waals surface area (Å²) in [6.07, 6.45) is 1.51. The molecule has 1 aromatic carbocycles. The van der Waals surface area contributed by atoms with E-state index in [2.05, 4.69) is 15.2 Å². The molecule has 7 nitrogen and oxygen atoms in total. The van der Waals surface area contributed by atoms with Gasteiger partial charge in [-0.25, -0.2) is 13.4 Å². The second-order valence-electron chi connectivity index (χ2n) is 6.22. The molecule has 0 saturated heterocycles. The number of benzene rings is 1. The van der Waals surface area contributed by atoms with Crippen molar-refractivity contribution in [2.45, 2.75) is 33.6 Å². The highest BCUT2D eigenvalue weighted by Crippen LogP contribution is 2.23. The van der Waals surface area contributed by atoms with Gasteiger partial charge in [0.15, 0.2) is 11.5 Å². The van der Waals surface area contributed by atoms with Crippen molar-refractivity contribution >= 4 is 21.4 Å². The molecule has 0 atom stereocenters. The van der Waals surface area contributed by atoms with Gasteiger partial charge in [0.05, 0.1) is 11.4 Å². The maximum Gasteiger partial charge on any atom is 0.234 e. The van der Waals surface area contributed by atoms with Crippen LogP contribution in [0.25, 0.3) is 17.0 Å². The monoisotopic (exact) mass is 361 g/mol. The van der Waals surface area contributed by atoms with Crippen LogP contribution in [0.15, 0.2) is 24.3 Å². The van der Waals surface area contributed by atoms with E-state index >= 15 is 0 Å². The number of nitrogens with zero attached hydrogens (tertiary/aromatic N) is 4. The van der Waals surface area contributed by atoms with Crippen molar-refractivity contribution in [3.63, 3.8) is 0 Å². The van der Waals surface area contributed by atoms with E-state index in [0.717, 1.165) is 28.9 Å². The molecule has 0 fully saturated rings. The zero-order chi connectivity index (χ0) is 18.2. The third kappa shape index (κ3) is 3.26. The van der Waals surface area contributed by atoms with Crippen molar-refractivity contribution < 1.29 is 8.42 Å². The van der Waals surface area contributed by atoms with E-state index < -0.39 is 10.0 Å². The van der Waals surface area contributed by atoms with Crippen LogP contribution in [-0.4, -0.2) is 41.0 Å². The molecule has 0 aliphatic carbocycles.